The van der Waals surface area contributed by atoms with E-state index in [2.05, 4.69) is 4.99 Å². The second-order valence-corrected chi connectivity index (χ2v) is 11.6. The highest BCUT2D eigenvalue weighted by Crippen LogP contribution is 2.21. The first-order valence-corrected chi connectivity index (χ1v) is 13.6. The van der Waals surface area contributed by atoms with E-state index in [1.807, 2.05) is 0 Å². The summed E-state index contributed by atoms with van der Waals surface area (Å²) in [6.07, 6.45) is 0.102. The maximum atomic E-state index is 12.4. The smallest absolute Gasteiger partial charge is 0.248 e. The zero-order valence-electron chi connectivity index (χ0n) is 17.3. The van der Waals surface area contributed by atoms with Crippen LogP contribution in [0.25, 0.3) is 10.2 Å². The third-order valence-electron chi connectivity index (χ3n) is 4.63. The van der Waals surface area contributed by atoms with Crippen molar-refractivity contribution < 1.29 is 26.4 Å². The lowest BCUT2D eigenvalue weighted by molar-refractivity contribution is -0.118. The van der Waals surface area contributed by atoms with Crippen LogP contribution in [0, 0.1) is 0 Å². The summed E-state index contributed by atoms with van der Waals surface area (Å²) < 4.78 is 55.5. The molecule has 32 heavy (non-hydrogen) atoms. The molecule has 0 fully saturated rings. The van der Waals surface area contributed by atoms with Gasteiger partial charge in [-0.05, 0) is 36.8 Å². The standard InChI is InChI=1S/C20H23N3O6S3/c1-29-12-11-23-17-10-9-16(32(21,27)28)14-18(17)30-20(23)22-19(24)8-5-13-31(25,26)15-6-3-2-4-7-15/h2-4,6-7,9-10,14H,5,8,11-13H2,1H3,(H2,21,27,28). The number of benzene rings is 2. The third kappa shape index (κ3) is 5.90. The summed E-state index contributed by atoms with van der Waals surface area (Å²) in [4.78, 5) is 17.2. The lowest BCUT2D eigenvalue weighted by Crippen LogP contribution is -2.19. The molecule has 0 aliphatic heterocycles. The molecule has 0 unspecified atom stereocenters. The lowest BCUT2D eigenvalue weighted by Gasteiger charge is -2.05. The van der Waals surface area contributed by atoms with Crippen LogP contribution in [-0.2, 0) is 35.9 Å². The number of nitrogens with zero attached hydrogens (tertiary/aromatic N) is 2. The van der Waals surface area contributed by atoms with Gasteiger partial charge in [-0.25, -0.2) is 22.0 Å². The van der Waals surface area contributed by atoms with Crippen molar-refractivity contribution in [3.8, 4) is 0 Å². The van der Waals surface area contributed by atoms with E-state index in [9.17, 15) is 21.6 Å². The fourth-order valence-corrected chi connectivity index (χ4v) is 6.10. The number of ether oxygens (including phenoxy) is 1. The first-order chi connectivity index (χ1) is 15.1. The molecule has 172 valence electrons. The van der Waals surface area contributed by atoms with Gasteiger partial charge in [0, 0.05) is 20.1 Å². The van der Waals surface area contributed by atoms with Gasteiger partial charge in [0.1, 0.15) is 0 Å². The molecule has 1 heterocycles. The van der Waals surface area contributed by atoms with Crippen LogP contribution in [0.15, 0.2) is 63.3 Å². The summed E-state index contributed by atoms with van der Waals surface area (Å²) in [5, 5.41) is 5.21. The number of amides is 1. The molecule has 3 rings (SSSR count). The highest BCUT2D eigenvalue weighted by molar-refractivity contribution is 7.91. The van der Waals surface area contributed by atoms with Crippen molar-refractivity contribution in [1.29, 1.82) is 0 Å². The average Bonchev–Trinajstić information content (AvgIpc) is 3.08. The van der Waals surface area contributed by atoms with Crippen molar-refractivity contribution >= 4 is 47.3 Å². The number of aromatic nitrogens is 1. The number of sulfone groups is 1. The van der Waals surface area contributed by atoms with Crippen LogP contribution in [0.3, 0.4) is 0 Å². The largest absolute Gasteiger partial charge is 0.383 e. The van der Waals surface area contributed by atoms with Gasteiger partial charge in [-0.3, -0.25) is 4.79 Å². The number of fused-ring (bicyclic) bond motifs is 1. The van der Waals surface area contributed by atoms with Gasteiger partial charge in [-0.2, -0.15) is 4.99 Å². The molecule has 0 atom stereocenters. The van der Waals surface area contributed by atoms with Gasteiger partial charge in [-0.15, -0.1) is 0 Å². The van der Waals surface area contributed by atoms with Gasteiger partial charge in [0.2, 0.25) is 15.9 Å². The Hall–Kier alpha value is -2.38. The number of carbonyl (C=O) groups excluding carboxylic acids is 1. The maximum absolute atomic E-state index is 12.4. The Labute approximate surface area is 190 Å². The van der Waals surface area contributed by atoms with Crippen molar-refractivity contribution in [2.24, 2.45) is 10.1 Å². The highest BCUT2D eigenvalue weighted by atomic mass is 32.2. The Morgan fingerprint density at radius 1 is 1.09 bits per heavy atom. The highest BCUT2D eigenvalue weighted by Gasteiger charge is 2.16. The van der Waals surface area contributed by atoms with Crippen LogP contribution in [-0.4, -0.2) is 46.8 Å². The summed E-state index contributed by atoms with van der Waals surface area (Å²) in [6.45, 7) is 0.763. The summed E-state index contributed by atoms with van der Waals surface area (Å²) >= 11 is 1.15. The SMILES string of the molecule is COCCn1c(=NC(=O)CCCS(=O)(=O)c2ccccc2)sc2cc(S(N)(=O)=O)ccc21. The normalized spacial score (nSPS) is 13.0. The number of rotatable bonds is 9. The fourth-order valence-electron chi connectivity index (χ4n) is 3.04. The monoisotopic (exact) mass is 497 g/mol. The van der Waals surface area contributed by atoms with Gasteiger partial charge in [-0.1, -0.05) is 29.5 Å². The topological polar surface area (TPSA) is 138 Å². The summed E-state index contributed by atoms with van der Waals surface area (Å²) in [7, 11) is -5.79. The van der Waals surface area contributed by atoms with Gasteiger partial charge in [0.05, 0.1) is 32.4 Å². The molecular formula is C20H23N3O6S3. The van der Waals surface area contributed by atoms with Crippen molar-refractivity contribution in [2.75, 3.05) is 19.5 Å². The molecule has 12 heteroatoms. The molecule has 3 aromatic rings. The van der Waals surface area contributed by atoms with Crippen molar-refractivity contribution in [3.63, 3.8) is 0 Å². The van der Waals surface area contributed by atoms with Crippen LogP contribution in [0.1, 0.15) is 12.8 Å². The summed E-state index contributed by atoms with van der Waals surface area (Å²) in [6, 6.07) is 12.5. The molecule has 0 spiro atoms. The molecular weight excluding hydrogens is 474 g/mol. The van der Waals surface area contributed by atoms with E-state index in [1.165, 1.54) is 24.3 Å². The first kappa shape index (κ1) is 24.3. The van der Waals surface area contributed by atoms with Crippen LogP contribution >= 0.6 is 11.3 Å². The number of sulfonamides is 1. The Morgan fingerprint density at radius 3 is 2.47 bits per heavy atom. The number of primary sulfonamides is 1. The molecule has 0 aliphatic carbocycles. The van der Waals surface area contributed by atoms with Gasteiger partial charge in [0.25, 0.3) is 0 Å². The Balaban J connectivity index is 1.83. The third-order valence-corrected chi connectivity index (χ3v) is 8.40. The fraction of sp³-hybridized carbons (Fsp3) is 0.300. The van der Waals surface area contributed by atoms with E-state index >= 15 is 0 Å². The molecule has 0 aliphatic rings. The number of carbonyl (C=O) groups is 1. The van der Waals surface area contributed by atoms with Gasteiger partial charge >= 0.3 is 0 Å². The molecule has 0 bridgehead atoms. The van der Waals surface area contributed by atoms with E-state index < -0.39 is 25.8 Å². The Morgan fingerprint density at radius 2 is 1.81 bits per heavy atom. The zero-order valence-corrected chi connectivity index (χ0v) is 19.7. The number of nitrogens with two attached hydrogens (primary N) is 1. The van der Waals surface area contributed by atoms with Crippen LogP contribution in [0.2, 0.25) is 0 Å². The van der Waals surface area contributed by atoms with Gasteiger partial charge < -0.3 is 9.30 Å². The van der Waals surface area contributed by atoms with Crippen molar-refractivity contribution in [1.82, 2.24) is 4.57 Å². The summed E-state index contributed by atoms with van der Waals surface area (Å²) in [5.74, 6) is -0.621. The average molecular weight is 498 g/mol. The molecule has 0 radical (unpaired) electrons. The Kier molecular flexibility index (Phi) is 7.62. The predicted molar refractivity (Wildman–Crippen MR) is 121 cm³/mol. The zero-order chi connectivity index (χ0) is 23.4. The second kappa shape index (κ2) is 10.0. The van der Waals surface area contributed by atoms with Crippen LogP contribution < -0.4 is 9.94 Å². The van der Waals surface area contributed by atoms with E-state index in [-0.39, 0.29) is 28.4 Å². The van der Waals surface area contributed by atoms with Crippen molar-refractivity contribution in [3.05, 3.63) is 53.3 Å². The lowest BCUT2D eigenvalue weighted by atomic mass is 10.3. The quantitative estimate of drug-likeness (QED) is 0.477. The molecule has 1 amide bonds. The number of hydrogen-bond donors (Lipinski definition) is 1. The molecule has 9 nitrogen and oxygen atoms in total. The summed E-state index contributed by atoms with van der Waals surface area (Å²) in [5.41, 5.74) is 0.692. The number of thiazole rings is 1. The molecule has 1 aromatic heterocycles. The minimum Gasteiger partial charge on any atom is -0.383 e. The molecule has 0 saturated heterocycles. The Bertz CT molecular complexity index is 1390. The number of hydrogen-bond acceptors (Lipinski definition) is 7. The maximum Gasteiger partial charge on any atom is 0.248 e. The minimum absolute atomic E-state index is 0.0332. The van der Waals surface area contributed by atoms with Gasteiger partial charge in [0.15, 0.2) is 14.6 Å². The van der Waals surface area contributed by atoms with Crippen molar-refractivity contribution in [2.45, 2.75) is 29.2 Å². The minimum atomic E-state index is -3.87. The van der Waals surface area contributed by atoms with E-state index in [0.29, 0.717) is 28.2 Å². The van der Waals surface area contributed by atoms with E-state index in [4.69, 9.17) is 9.88 Å². The number of methoxy groups -OCH3 is 1. The van der Waals surface area contributed by atoms with Crippen LogP contribution in [0.4, 0.5) is 0 Å². The molecule has 2 N–H and O–H groups in total. The second-order valence-electron chi connectivity index (χ2n) is 6.94. The van der Waals surface area contributed by atoms with E-state index in [1.54, 1.807) is 35.9 Å². The van der Waals surface area contributed by atoms with Crippen LogP contribution in [0.5, 0.6) is 0 Å². The predicted octanol–water partition coefficient (Wildman–Crippen LogP) is 1.68. The molecule has 0 saturated carbocycles. The molecule has 2 aromatic carbocycles. The first-order valence-electron chi connectivity index (χ1n) is 9.62. The van der Waals surface area contributed by atoms with E-state index in [0.717, 1.165) is 11.3 Å².